The molecule has 5 heteroatoms. The van der Waals surface area contributed by atoms with E-state index >= 15 is 0 Å². The van der Waals surface area contributed by atoms with Gasteiger partial charge in [0.05, 0.1) is 16.5 Å². The van der Waals surface area contributed by atoms with E-state index in [1.54, 1.807) is 0 Å². The minimum absolute atomic E-state index is 0.0718. The van der Waals surface area contributed by atoms with Gasteiger partial charge in [-0.3, -0.25) is 4.79 Å². The number of carbonyl (C=O) groups excluding carboxylic acids is 1. The van der Waals surface area contributed by atoms with Gasteiger partial charge in [0.1, 0.15) is 0 Å². The normalized spacial score (nSPS) is 16.3. The fourth-order valence-corrected chi connectivity index (χ4v) is 2.99. The van der Waals surface area contributed by atoms with E-state index in [0.29, 0.717) is 5.00 Å². The molecule has 1 atom stereocenters. The quantitative estimate of drug-likeness (QED) is 0.903. The first kappa shape index (κ1) is 11.9. The van der Waals surface area contributed by atoms with Gasteiger partial charge in [-0.15, -0.1) is 11.3 Å². The number of benzene rings is 1. The Morgan fingerprint density at radius 1 is 1.32 bits per heavy atom. The van der Waals surface area contributed by atoms with Gasteiger partial charge in [-0.05, 0) is 23.6 Å². The maximum absolute atomic E-state index is 12.1. The molecule has 2 aromatic rings. The molecular weight excluding hydrogens is 262 g/mol. The van der Waals surface area contributed by atoms with Crippen LogP contribution in [0.4, 0.5) is 5.00 Å². The van der Waals surface area contributed by atoms with Gasteiger partial charge < -0.3 is 10.4 Å². The van der Waals surface area contributed by atoms with E-state index in [1.165, 1.54) is 28.3 Å². The number of hydrogen-bond donors (Lipinski definition) is 2. The lowest BCUT2D eigenvalue weighted by Gasteiger charge is -2.28. The lowest BCUT2D eigenvalue weighted by atomic mass is 9.77. The molecule has 3 rings (SSSR count). The summed E-state index contributed by atoms with van der Waals surface area (Å²) >= 11 is 1.23. The van der Waals surface area contributed by atoms with Crippen LogP contribution in [-0.4, -0.2) is 17.0 Å². The van der Waals surface area contributed by atoms with Crippen molar-refractivity contribution < 1.29 is 14.7 Å². The molecule has 1 aliphatic carbocycles. The molecule has 0 radical (unpaired) electrons. The molecule has 1 unspecified atom stereocenters. The first-order valence-corrected chi connectivity index (χ1v) is 6.73. The standard InChI is InChI=1S/C14H11NO3S/c16-13(11-5-8-3-1-2-4-10(8)11)15-12-6-9(7-19-12)14(17)18/h1-4,6-7,11H,5H2,(H,15,16)(H,17,18). The van der Waals surface area contributed by atoms with Gasteiger partial charge in [0, 0.05) is 5.38 Å². The number of anilines is 1. The molecule has 0 saturated carbocycles. The summed E-state index contributed by atoms with van der Waals surface area (Å²) in [5.74, 6) is -1.17. The van der Waals surface area contributed by atoms with E-state index in [1.807, 2.05) is 24.3 Å². The first-order valence-electron chi connectivity index (χ1n) is 5.85. The third-order valence-corrected chi connectivity index (χ3v) is 4.11. The molecule has 1 aromatic carbocycles. The number of carboxylic acid groups (broad SMARTS) is 1. The Balaban J connectivity index is 1.71. The highest BCUT2D eigenvalue weighted by atomic mass is 32.1. The summed E-state index contributed by atoms with van der Waals surface area (Å²) in [5, 5.41) is 13.7. The number of thiophene rings is 1. The first-order chi connectivity index (χ1) is 9.15. The summed E-state index contributed by atoms with van der Waals surface area (Å²) < 4.78 is 0. The van der Waals surface area contributed by atoms with E-state index in [0.717, 1.165) is 12.0 Å². The van der Waals surface area contributed by atoms with Gasteiger partial charge in [-0.25, -0.2) is 4.79 Å². The van der Waals surface area contributed by atoms with Gasteiger partial charge in [-0.2, -0.15) is 0 Å². The molecule has 0 bridgehead atoms. The summed E-state index contributed by atoms with van der Waals surface area (Å²) in [5.41, 5.74) is 2.48. The minimum atomic E-state index is -0.981. The van der Waals surface area contributed by atoms with Crippen molar-refractivity contribution in [3.63, 3.8) is 0 Å². The van der Waals surface area contributed by atoms with E-state index in [9.17, 15) is 9.59 Å². The van der Waals surface area contributed by atoms with Gasteiger partial charge in [-0.1, -0.05) is 24.3 Å². The Labute approximate surface area is 113 Å². The van der Waals surface area contributed by atoms with Gasteiger partial charge in [0.25, 0.3) is 0 Å². The predicted octanol–water partition coefficient (Wildman–Crippen LogP) is 2.72. The lowest BCUT2D eigenvalue weighted by molar-refractivity contribution is -0.118. The molecule has 4 nitrogen and oxygen atoms in total. The predicted molar refractivity (Wildman–Crippen MR) is 72.8 cm³/mol. The largest absolute Gasteiger partial charge is 0.478 e. The summed E-state index contributed by atoms with van der Waals surface area (Å²) in [6.07, 6.45) is 0.749. The highest BCUT2D eigenvalue weighted by Gasteiger charge is 2.31. The van der Waals surface area contributed by atoms with Crippen LogP contribution in [0.15, 0.2) is 35.7 Å². The van der Waals surface area contributed by atoms with Crippen LogP contribution >= 0.6 is 11.3 Å². The summed E-state index contributed by atoms with van der Waals surface area (Å²) in [6.45, 7) is 0. The SMILES string of the molecule is O=C(O)c1csc(NC(=O)C2Cc3ccccc32)c1. The number of carboxylic acids is 1. The number of hydrogen-bond acceptors (Lipinski definition) is 3. The fraction of sp³-hybridized carbons (Fsp3) is 0.143. The monoisotopic (exact) mass is 273 g/mol. The number of carbonyl (C=O) groups is 2. The van der Waals surface area contributed by atoms with Gasteiger partial charge >= 0.3 is 5.97 Å². The number of rotatable bonds is 3. The van der Waals surface area contributed by atoms with Crippen molar-refractivity contribution in [3.05, 3.63) is 52.4 Å². The molecule has 0 aliphatic heterocycles. The van der Waals surface area contributed by atoms with E-state index in [4.69, 9.17) is 5.11 Å². The highest BCUT2D eigenvalue weighted by molar-refractivity contribution is 7.14. The van der Waals surface area contributed by atoms with E-state index in [-0.39, 0.29) is 17.4 Å². The Hall–Kier alpha value is -2.14. The van der Waals surface area contributed by atoms with Crippen molar-refractivity contribution in [2.45, 2.75) is 12.3 Å². The van der Waals surface area contributed by atoms with Crippen LogP contribution in [0.25, 0.3) is 0 Å². The van der Waals surface area contributed by atoms with Gasteiger partial charge in [0.15, 0.2) is 0 Å². The van der Waals surface area contributed by atoms with Crippen molar-refractivity contribution >= 4 is 28.2 Å². The average Bonchev–Trinajstić information content (AvgIpc) is 2.79. The zero-order chi connectivity index (χ0) is 13.4. The third kappa shape index (κ3) is 2.13. The maximum atomic E-state index is 12.1. The minimum Gasteiger partial charge on any atom is -0.478 e. The molecule has 2 N–H and O–H groups in total. The van der Waals surface area contributed by atoms with Crippen LogP contribution in [0.5, 0.6) is 0 Å². The number of amides is 1. The third-order valence-electron chi connectivity index (χ3n) is 3.26. The Kier molecular flexibility index (Phi) is 2.83. The summed E-state index contributed by atoms with van der Waals surface area (Å²) in [6, 6.07) is 9.35. The van der Waals surface area contributed by atoms with E-state index in [2.05, 4.69) is 5.32 Å². The Bertz CT molecular complexity index is 662. The average molecular weight is 273 g/mol. The Morgan fingerprint density at radius 3 is 2.79 bits per heavy atom. The molecule has 0 saturated heterocycles. The Morgan fingerprint density at radius 2 is 2.11 bits per heavy atom. The zero-order valence-electron chi connectivity index (χ0n) is 9.92. The van der Waals surface area contributed by atoms with Crippen LogP contribution in [-0.2, 0) is 11.2 Å². The molecule has 1 amide bonds. The second kappa shape index (κ2) is 4.51. The lowest BCUT2D eigenvalue weighted by Crippen LogP contribution is -2.29. The van der Waals surface area contributed by atoms with Crippen LogP contribution < -0.4 is 5.32 Å². The zero-order valence-corrected chi connectivity index (χ0v) is 10.7. The molecule has 0 fully saturated rings. The topological polar surface area (TPSA) is 66.4 Å². The second-order valence-electron chi connectivity index (χ2n) is 4.45. The van der Waals surface area contributed by atoms with Crippen LogP contribution in [0.1, 0.15) is 27.4 Å². The van der Waals surface area contributed by atoms with Crippen LogP contribution in [0.3, 0.4) is 0 Å². The van der Waals surface area contributed by atoms with Crippen molar-refractivity contribution in [2.24, 2.45) is 0 Å². The second-order valence-corrected chi connectivity index (χ2v) is 5.36. The van der Waals surface area contributed by atoms with E-state index < -0.39 is 5.97 Å². The smallest absolute Gasteiger partial charge is 0.336 e. The van der Waals surface area contributed by atoms with Gasteiger partial charge in [0.2, 0.25) is 5.91 Å². The van der Waals surface area contributed by atoms with Crippen molar-refractivity contribution in [1.82, 2.24) is 0 Å². The molecule has 1 aromatic heterocycles. The molecule has 1 aliphatic rings. The van der Waals surface area contributed by atoms with Crippen LogP contribution in [0.2, 0.25) is 0 Å². The highest BCUT2D eigenvalue weighted by Crippen LogP contribution is 2.36. The molecular formula is C14H11NO3S. The number of nitrogens with one attached hydrogen (secondary N) is 1. The van der Waals surface area contributed by atoms with Crippen molar-refractivity contribution in [2.75, 3.05) is 5.32 Å². The summed E-state index contributed by atoms with van der Waals surface area (Å²) in [4.78, 5) is 22.8. The summed E-state index contributed by atoms with van der Waals surface area (Å²) in [7, 11) is 0. The van der Waals surface area contributed by atoms with Crippen LogP contribution in [0, 0.1) is 0 Å². The molecule has 19 heavy (non-hydrogen) atoms. The number of fused-ring (bicyclic) bond motifs is 1. The maximum Gasteiger partial charge on any atom is 0.336 e. The molecule has 96 valence electrons. The number of aromatic carboxylic acids is 1. The fourth-order valence-electron chi connectivity index (χ4n) is 2.22. The van der Waals surface area contributed by atoms with Crippen molar-refractivity contribution in [1.29, 1.82) is 0 Å². The van der Waals surface area contributed by atoms with Crippen molar-refractivity contribution in [3.8, 4) is 0 Å². The molecule has 0 spiro atoms. The molecule has 1 heterocycles.